The molecule has 2 fully saturated rings. The van der Waals surface area contributed by atoms with Crippen molar-refractivity contribution < 1.29 is 14.3 Å². The highest BCUT2D eigenvalue weighted by molar-refractivity contribution is 5.80. The number of methoxy groups -OCH3 is 1. The lowest BCUT2D eigenvalue weighted by molar-refractivity contribution is -0.149. The van der Waals surface area contributed by atoms with E-state index in [1.54, 1.807) is 0 Å². The Morgan fingerprint density at radius 2 is 2.21 bits per heavy atom. The molecule has 0 spiro atoms. The second-order valence-electron chi connectivity index (χ2n) is 4.04. The number of nitrogens with zero attached hydrogens (tertiary/aromatic N) is 1. The van der Waals surface area contributed by atoms with Gasteiger partial charge in [0.15, 0.2) is 0 Å². The van der Waals surface area contributed by atoms with Crippen molar-refractivity contribution in [2.45, 2.75) is 31.7 Å². The van der Waals surface area contributed by atoms with Crippen molar-refractivity contribution >= 4 is 11.9 Å². The zero-order chi connectivity index (χ0) is 10.1. The van der Waals surface area contributed by atoms with Gasteiger partial charge < -0.3 is 9.64 Å². The highest BCUT2D eigenvalue weighted by Gasteiger charge is 2.38. The number of piperidine rings is 1. The van der Waals surface area contributed by atoms with Crippen LogP contribution in [0.4, 0.5) is 0 Å². The number of esters is 1. The highest BCUT2D eigenvalue weighted by Crippen LogP contribution is 2.30. The van der Waals surface area contributed by atoms with Gasteiger partial charge in [-0.3, -0.25) is 9.59 Å². The Morgan fingerprint density at radius 1 is 1.43 bits per heavy atom. The standard InChI is InChI=1S/C10H15NO3/c1-14-10(13)7-2-3-8-4-5-9(12)11(8)6-7/h7-8H,2-6H2,1H3/t7-,8-/m0/s1. The van der Waals surface area contributed by atoms with E-state index in [2.05, 4.69) is 0 Å². The monoisotopic (exact) mass is 197 g/mol. The summed E-state index contributed by atoms with van der Waals surface area (Å²) >= 11 is 0. The molecule has 4 nitrogen and oxygen atoms in total. The van der Waals surface area contributed by atoms with E-state index in [1.165, 1.54) is 7.11 Å². The average Bonchev–Trinajstić information content (AvgIpc) is 2.59. The van der Waals surface area contributed by atoms with Crippen LogP contribution < -0.4 is 0 Å². The summed E-state index contributed by atoms with van der Waals surface area (Å²) in [6.07, 6.45) is 3.43. The average molecular weight is 197 g/mol. The number of ether oxygens (including phenoxy) is 1. The number of hydrogen-bond acceptors (Lipinski definition) is 3. The van der Waals surface area contributed by atoms with E-state index in [0.29, 0.717) is 19.0 Å². The second kappa shape index (κ2) is 3.59. The Hall–Kier alpha value is -1.06. The molecule has 0 unspecified atom stereocenters. The van der Waals surface area contributed by atoms with E-state index >= 15 is 0 Å². The van der Waals surface area contributed by atoms with E-state index in [9.17, 15) is 9.59 Å². The van der Waals surface area contributed by atoms with Gasteiger partial charge in [-0.1, -0.05) is 0 Å². The Kier molecular flexibility index (Phi) is 2.44. The quantitative estimate of drug-likeness (QED) is 0.577. The number of carbonyl (C=O) groups is 2. The van der Waals surface area contributed by atoms with Crippen molar-refractivity contribution in [2.75, 3.05) is 13.7 Å². The maximum atomic E-state index is 11.4. The van der Waals surface area contributed by atoms with Crippen LogP contribution in [-0.2, 0) is 14.3 Å². The molecule has 0 saturated carbocycles. The first-order valence-corrected chi connectivity index (χ1v) is 5.09. The smallest absolute Gasteiger partial charge is 0.310 e. The molecule has 0 aliphatic carbocycles. The Morgan fingerprint density at radius 3 is 2.93 bits per heavy atom. The van der Waals surface area contributed by atoms with Gasteiger partial charge >= 0.3 is 5.97 Å². The molecule has 0 N–H and O–H groups in total. The molecule has 14 heavy (non-hydrogen) atoms. The second-order valence-corrected chi connectivity index (χ2v) is 4.04. The van der Waals surface area contributed by atoms with Gasteiger partial charge in [-0.25, -0.2) is 0 Å². The van der Waals surface area contributed by atoms with Crippen LogP contribution in [0, 0.1) is 5.92 Å². The molecule has 2 rings (SSSR count). The van der Waals surface area contributed by atoms with Crippen LogP contribution in [-0.4, -0.2) is 36.5 Å². The lowest BCUT2D eigenvalue weighted by atomic mass is 9.93. The summed E-state index contributed by atoms with van der Waals surface area (Å²) in [5.74, 6) is -0.0787. The van der Waals surface area contributed by atoms with E-state index in [4.69, 9.17) is 4.74 Å². The molecule has 2 aliphatic heterocycles. The zero-order valence-electron chi connectivity index (χ0n) is 8.36. The molecule has 2 atom stereocenters. The Labute approximate surface area is 83.2 Å². The third-order valence-electron chi connectivity index (χ3n) is 3.25. The molecular weight excluding hydrogens is 182 g/mol. The highest BCUT2D eigenvalue weighted by atomic mass is 16.5. The Balaban J connectivity index is 2.01. The number of amides is 1. The van der Waals surface area contributed by atoms with Crippen molar-refractivity contribution in [2.24, 2.45) is 5.92 Å². The summed E-state index contributed by atoms with van der Waals surface area (Å²) in [4.78, 5) is 24.6. The van der Waals surface area contributed by atoms with Crippen LogP contribution in [0.2, 0.25) is 0 Å². The number of fused-ring (bicyclic) bond motifs is 1. The van der Waals surface area contributed by atoms with Gasteiger partial charge in [0.2, 0.25) is 5.91 Å². The van der Waals surface area contributed by atoms with Crippen molar-refractivity contribution in [1.82, 2.24) is 4.90 Å². The molecule has 2 saturated heterocycles. The Bertz CT molecular complexity index is 264. The normalized spacial score (nSPS) is 31.5. The van der Waals surface area contributed by atoms with Gasteiger partial charge in [-0.2, -0.15) is 0 Å². The lowest BCUT2D eigenvalue weighted by Gasteiger charge is -2.33. The van der Waals surface area contributed by atoms with Gasteiger partial charge in [0.05, 0.1) is 13.0 Å². The fourth-order valence-electron chi connectivity index (χ4n) is 2.43. The van der Waals surface area contributed by atoms with Crippen molar-refractivity contribution in [3.63, 3.8) is 0 Å². The van der Waals surface area contributed by atoms with Gasteiger partial charge in [0, 0.05) is 19.0 Å². The molecule has 1 amide bonds. The predicted molar refractivity (Wildman–Crippen MR) is 49.5 cm³/mol. The fraction of sp³-hybridized carbons (Fsp3) is 0.800. The van der Waals surface area contributed by atoms with Gasteiger partial charge in [-0.15, -0.1) is 0 Å². The minimum Gasteiger partial charge on any atom is -0.469 e. The summed E-state index contributed by atoms with van der Waals surface area (Å²) in [6.45, 7) is 0.566. The molecule has 0 radical (unpaired) electrons. The molecular formula is C10H15NO3. The van der Waals surface area contributed by atoms with Gasteiger partial charge in [0.1, 0.15) is 0 Å². The van der Waals surface area contributed by atoms with Crippen LogP contribution in [0.5, 0.6) is 0 Å². The summed E-state index contributed by atoms with van der Waals surface area (Å²) in [7, 11) is 1.40. The van der Waals surface area contributed by atoms with Crippen molar-refractivity contribution in [3.8, 4) is 0 Å². The summed E-state index contributed by atoms with van der Waals surface area (Å²) in [5, 5.41) is 0. The largest absolute Gasteiger partial charge is 0.469 e. The summed E-state index contributed by atoms with van der Waals surface area (Å²) < 4.78 is 4.70. The molecule has 2 heterocycles. The number of rotatable bonds is 1. The third-order valence-corrected chi connectivity index (χ3v) is 3.25. The summed E-state index contributed by atoms with van der Waals surface area (Å²) in [6, 6.07) is 0.392. The number of carbonyl (C=O) groups excluding carboxylic acids is 2. The van der Waals surface area contributed by atoms with Crippen LogP contribution in [0.25, 0.3) is 0 Å². The SMILES string of the molecule is COC(=O)[C@H]1CC[C@H]2CCC(=O)N2C1. The van der Waals surface area contributed by atoms with E-state index in [-0.39, 0.29) is 17.8 Å². The first-order valence-electron chi connectivity index (χ1n) is 5.09. The molecule has 4 heteroatoms. The molecule has 78 valence electrons. The molecule has 0 aromatic rings. The topological polar surface area (TPSA) is 46.6 Å². The molecule has 2 aliphatic rings. The van der Waals surface area contributed by atoms with Crippen LogP contribution in [0.3, 0.4) is 0 Å². The van der Waals surface area contributed by atoms with Crippen LogP contribution in [0.1, 0.15) is 25.7 Å². The van der Waals surface area contributed by atoms with Crippen LogP contribution >= 0.6 is 0 Å². The minimum absolute atomic E-state index is 0.0988. The molecule has 0 aromatic carbocycles. The van der Waals surface area contributed by atoms with E-state index in [1.807, 2.05) is 4.90 Å². The van der Waals surface area contributed by atoms with E-state index in [0.717, 1.165) is 19.3 Å². The lowest BCUT2D eigenvalue weighted by Crippen LogP contribution is -2.44. The van der Waals surface area contributed by atoms with Gasteiger partial charge in [0.25, 0.3) is 0 Å². The van der Waals surface area contributed by atoms with Crippen molar-refractivity contribution in [1.29, 1.82) is 0 Å². The molecule has 0 bridgehead atoms. The van der Waals surface area contributed by atoms with Crippen LogP contribution in [0.15, 0.2) is 0 Å². The third kappa shape index (κ3) is 1.49. The first kappa shape index (κ1) is 9.49. The summed E-state index contributed by atoms with van der Waals surface area (Å²) in [5.41, 5.74) is 0. The maximum Gasteiger partial charge on any atom is 0.310 e. The van der Waals surface area contributed by atoms with Crippen molar-refractivity contribution in [3.05, 3.63) is 0 Å². The minimum atomic E-state index is -0.178. The molecule has 0 aromatic heterocycles. The van der Waals surface area contributed by atoms with E-state index < -0.39 is 0 Å². The first-order chi connectivity index (χ1) is 6.72. The zero-order valence-corrected chi connectivity index (χ0v) is 8.36. The number of hydrogen-bond donors (Lipinski definition) is 0. The fourth-order valence-corrected chi connectivity index (χ4v) is 2.43. The predicted octanol–water partition coefficient (Wildman–Crippen LogP) is 0.560. The maximum absolute atomic E-state index is 11.4. The van der Waals surface area contributed by atoms with Gasteiger partial charge in [-0.05, 0) is 19.3 Å².